The molecule has 4 rings (SSSR count). The minimum absolute atomic E-state index is 0.169. The maximum Gasteiger partial charge on any atom is 0.287 e. The smallest absolute Gasteiger partial charge is 0.287 e. The van der Waals surface area contributed by atoms with Crippen LogP contribution in [0.3, 0.4) is 0 Å². The Morgan fingerprint density at radius 3 is 2.67 bits per heavy atom. The molecule has 1 fully saturated rings. The third-order valence-corrected chi connectivity index (χ3v) is 5.82. The lowest BCUT2D eigenvalue weighted by atomic mass is 10.1. The first-order chi connectivity index (χ1) is 14.7. The minimum atomic E-state index is -0.754. The van der Waals surface area contributed by atoms with E-state index in [9.17, 15) is 9.59 Å². The lowest BCUT2D eigenvalue weighted by molar-refractivity contribution is -0.118. The Labute approximate surface area is 179 Å². The van der Waals surface area contributed by atoms with Crippen molar-refractivity contribution in [2.75, 3.05) is 18.4 Å². The van der Waals surface area contributed by atoms with Crippen molar-refractivity contribution in [3.05, 3.63) is 71.1 Å². The summed E-state index contributed by atoms with van der Waals surface area (Å²) < 4.78 is 5.15. The second-order valence-corrected chi connectivity index (χ2v) is 8.17. The van der Waals surface area contributed by atoms with E-state index in [1.165, 1.54) is 30.4 Å². The zero-order valence-corrected chi connectivity index (χ0v) is 17.4. The molecule has 156 valence electrons. The molecule has 0 saturated carbocycles. The van der Waals surface area contributed by atoms with Crippen LogP contribution in [0.4, 0.5) is 5.13 Å². The lowest BCUT2D eigenvalue weighted by Crippen LogP contribution is -2.45. The second kappa shape index (κ2) is 9.69. The summed E-state index contributed by atoms with van der Waals surface area (Å²) in [6, 6.07) is 12.0. The molecule has 0 unspecified atom stereocenters. The molecule has 1 aliphatic rings. The van der Waals surface area contributed by atoms with Gasteiger partial charge in [-0.2, -0.15) is 0 Å². The van der Waals surface area contributed by atoms with Crippen LogP contribution in [0.5, 0.6) is 0 Å². The van der Waals surface area contributed by atoms with E-state index in [4.69, 9.17) is 4.42 Å². The Balaban J connectivity index is 1.43. The van der Waals surface area contributed by atoms with Crippen LogP contribution in [-0.2, 0) is 17.8 Å². The van der Waals surface area contributed by atoms with Gasteiger partial charge in [0.2, 0.25) is 5.91 Å². The molecule has 3 heterocycles. The van der Waals surface area contributed by atoms with Crippen molar-refractivity contribution >= 4 is 28.3 Å². The number of hydrogen-bond donors (Lipinski definition) is 2. The number of benzene rings is 1. The third-order valence-electron chi connectivity index (χ3n) is 5.02. The number of aromatic nitrogens is 1. The van der Waals surface area contributed by atoms with E-state index in [0.717, 1.165) is 30.9 Å². The highest BCUT2D eigenvalue weighted by Gasteiger charge is 2.24. The average molecular weight is 425 g/mol. The predicted molar refractivity (Wildman–Crippen MR) is 115 cm³/mol. The summed E-state index contributed by atoms with van der Waals surface area (Å²) in [5, 5.41) is 8.16. The highest BCUT2D eigenvalue weighted by atomic mass is 32.1. The van der Waals surface area contributed by atoms with Crippen molar-refractivity contribution < 1.29 is 14.0 Å². The number of nitrogens with zero attached hydrogens (tertiary/aromatic N) is 2. The molecule has 1 atom stereocenters. The second-order valence-electron chi connectivity index (χ2n) is 7.31. The van der Waals surface area contributed by atoms with Gasteiger partial charge in [0, 0.05) is 18.3 Å². The Morgan fingerprint density at radius 2 is 1.93 bits per heavy atom. The van der Waals surface area contributed by atoms with Crippen LogP contribution < -0.4 is 10.6 Å². The molecule has 1 aromatic carbocycles. The quantitative estimate of drug-likeness (QED) is 0.579. The SMILES string of the molecule is O=C(N[C@H](Cc1ccccc1)C(=O)Nc1nc(CN2CCCC2)cs1)c1ccco1. The first-order valence-corrected chi connectivity index (χ1v) is 10.9. The molecule has 2 aromatic heterocycles. The van der Waals surface area contributed by atoms with E-state index in [0.29, 0.717) is 11.6 Å². The van der Waals surface area contributed by atoms with Gasteiger partial charge in [0.1, 0.15) is 6.04 Å². The number of rotatable bonds is 8. The predicted octanol–water partition coefficient (Wildman–Crippen LogP) is 3.31. The first-order valence-electron chi connectivity index (χ1n) is 10.0. The van der Waals surface area contributed by atoms with Crippen LogP contribution in [0.2, 0.25) is 0 Å². The third kappa shape index (κ3) is 5.34. The normalized spacial score (nSPS) is 15.1. The minimum Gasteiger partial charge on any atom is -0.459 e. The number of likely N-dealkylation sites (tertiary alicyclic amines) is 1. The summed E-state index contributed by atoms with van der Waals surface area (Å²) in [7, 11) is 0. The summed E-state index contributed by atoms with van der Waals surface area (Å²) in [5.74, 6) is -0.561. The molecular weight excluding hydrogens is 400 g/mol. The molecule has 1 aliphatic heterocycles. The molecule has 3 aromatic rings. The van der Waals surface area contributed by atoms with Gasteiger partial charge in [-0.1, -0.05) is 30.3 Å². The maximum atomic E-state index is 13.0. The maximum absolute atomic E-state index is 13.0. The van der Waals surface area contributed by atoms with Crippen molar-refractivity contribution in [3.8, 4) is 0 Å². The average Bonchev–Trinajstić information content (AvgIpc) is 3.52. The van der Waals surface area contributed by atoms with Crippen molar-refractivity contribution in [3.63, 3.8) is 0 Å². The van der Waals surface area contributed by atoms with Gasteiger partial charge in [0.25, 0.3) is 5.91 Å². The number of carbonyl (C=O) groups excluding carboxylic acids is 2. The van der Waals surface area contributed by atoms with Crippen LogP contribution in [0, 0.1) is 0 Å². The van der Waals surface area contributed by atoms with E-state index in [1.54, 1.807) is 12.1 Å². The van der Waals surface area contributed by atoms with Gasteiger partial charge in [-0.05, 0) is 43.6 Å². The number of thiazole rings is 1. The first kappa shape index (κ1) is 20.3. The fourth-order valence-corrected chi connectivity index (χ4v) is 4.20. The molecule has 2 amide bonds. The van der Waals surface area contributed by atoms with E-state index >= 15 is 0 Å². The summed E-state index contributed by atoms with van der Waals surface area (Å²) in [6.45, 7) is 2.99. The van der Waals surface area contributed by atoms with Crippen molar-refractivity contribution in [1.82, 2.24) is 15.2 Å². The Hall–Kier alpha value is -2.97. The van der Waals surface area contributed by atoms with Crippen LogP contribution in [0.25, 0.3) is 0 Å². The molecular formula is C22H24N4O3S. The Bertz CT molecular complexity index is 965. The fourth-order valence-electron chi connectivity index (χ4n) is 3.50. The van der Waals surface area contributed by atoms with Gasteiger partial charge in [0.15, 0.2) is 10.9 Å². The van der Waals surface area contributed by atoms with Gasteiger partial charge >= 0.3 is 0 Å². The molecule has 0 aliphatic carbocycles. The topological polar surface area (TPSA) is 87.5 Å². The number of furan rings is 1. The van der Waals surface area contributed by atoms with Crippen molar-refractivity contribution in [2.45, 2.75) is 31.8 Å². The van der Waals surface area contributed by atoms with Crippen molar-refractivity contribution in [2.24, 2.45) is 0 Å². The zero-order valence-electron chi connectivity index (χ0n) is 16.5. The molecule has 0 radical (unpaired) electrons. The van der Waals surface area contributed by atoms with Crippen LogP contribution in [0.15, 0.2) is 58.5 Å². The molecule has 7 nitrogen and oxygen atoms in total. The number of amides is 2. The van der Waals surface area contributed by atoms with Gasteiger partial charge < -0.3 is 15.1 Å². The van der Waals surface area contributed by atoms with Gasteiger partial charge in [-0.25, -0.2) is 4.98 Å². The van der Waals surface area contributed by atoms with Crippen molar-refractivity contribution in [1.29, 1.82) is 0 Å². The summed E-state index contributed by atoms with van der Waals surface area (Å²) >= 11 is 1.40. The molecule has 1 saturated heterocycles. The van der Waals surface area contributed by atoms with Gasteiger partial charge in [-0.3, -0.25) is 14.5 Å². The lowest BCUT2D eigenvalue weighted by Gasteiger charge is -2.17. The summed E-state index contributed by atoms with van der Waals surface area (Å²) in [6.07, 6.45) is 4.25. The molecule has 0 spiro atoms. The number of nitrogens with one attached hydrogen (secondary N) is 2. The fraction of sp³-hybridized carbons (Fsp3) is 0.318. The molecule has 30 heavy (non-hydrogen) atoms. The largest absolute Gasteiger partial charge is 0.459 e. The number of carbonyl (C=O) groups is 2. The standard InChI is InChI=1S/C22H24N4O3S/c27-20(25-22-23-17(15-30-22)14-26-10-4-5-11-26)18(13-16-7-2-1-3-8-16)24-21(28)19-9-6-12-29-19/h1-3,6-9,12,15,18H,4-5,10-11,13-14H2,(H,24,28)(H,23,25,27)/t18-/m1/s1. The highest BCUT2D eigenvalue weighted by molar-refractivity contribution is 7.13. The Morgan fingerprint density at radius 1 is 1.13 bits per heavy atom. The molecule has 2 N–H and O–H groups in total. The summed E-state index contributed by atoms with van der Waals surface area (Å²) in [4.78, 5) is 32.3. The molecule has 8 heteroatoms. The van der Waals surface area contributed by atoms with Crippen LogP contribution in [0.1, 0.15) is 34.7 Å². The highest BCUT2D eigenvalue weighted by Crippen LogP contribution is 2.19. The van der Waals surface area contributed by atoms with Gasteiger partial charge in [-0.15, -0.1) is 11.3 Å². The monoisotopic (exact) mass is 424 g/mol. The van der Waals surface area contributed by atoms with Gasteiger partial charge in [0.05, 0.1) is 12.0 Å². The summed E-state index contributed by atoms with van der Waals surface area (Å²) in [5.41, 5.74) is 1.91. The Kier molecular flexibility index (Phi) is 6.56. The zero-order chi connectivity index (χ0) is 20.8. The van der Waals surface area contributed by atoms with Crippen LogP contribution >= 0.6 is 11.3 Å². The van der Waals surface area contributed by atoms with E-state index in [1.807, 2.05) is 35.7 Å². The van der Waals surface area contributed by atoms with Crippen LogP contribution in [-0.4, -0.2) is 40.8 Å². The van der Waals surface area contributed by atoms with E-state index in [-0.39, 0.29) is 11.7 Å². The number of anilines is 1. The van der Waals surface area contributed by atoms with E-state index < -0.39 is 11.9 Å². The molecule has 0 bridgehead atoms. The van der Waals surface area contributed by atoms with E-state index in [2.05, 4.69) is 20.5 Å². The number of hydrogen-bond acceptors (Lipinski definition) is 6.